The maximum atomic E-state index is 6.16. The van der Waals surface area contributed by atoms with Crippen LogP contribution in [-0.2, 0) is 4.74 Å². The van der Waals surface area contributed by atoms with Crippen molar-refractivity contribution in [3.05, 3.63) is 22.7 Å². The summed E-state index contributed by atoms with van der Waals surface area (Å²) in [6, 6.07) is 3.59. The van der Waals surface area contributed by atoms with E-state index in [1.165, 1.54) is 0 Å². The SMILES string of the molecule is CCOCCCNC(=S)N/N=C\c1cc(Cl)c2c(c1)OCCO2. The molecule has 0 saturated carbocycles. The molecular weight excluding hydrogens is 338 g/mol. The van der Waals surface area contributed by atoms with Crippen molar-refractivity contribution >= 4 is 35.1 Å². The van der Waals surface area contributed by atoms with Gasteiger partial charge in [-0.25, -0.2) is 0 Å². The van der Waals surface area contributed by atoms with E-state index in [0.717, 1.165) is 25.1 Å². The van der Waals surface area contributed by atoms with Gasteiger partial charge in [0.2, 0.25) is 0 Å². The number of thiocarbonyl (C=S) groups is 1. The van der Waals surface area contributed by atoms with Crippen molar-refractivity contribution in [2.45, 2.75) is 13.3 Å². The van der Waals surface area contributed by atoms with Crippen LogP contribution in [0.15, 0.2) is 17.2 Å². The molecule has 0 fully saturated rings. The Morgan fingerprint density at radius 1 is 1.43 bits per heavy atom. The molecule has 1 aromatic rings. The molecule has 126 valence electrons. The van der Waals surface area contributed by atoms with Crippen molar-refractivity contribution in [2.75, 3.05) is 33.0 Å². The number of nitrogens with one attached hydrogen (secondary N) is 2. The van der Waals surface area contributed by atoms with Gasteiger partial charge in [0, 0.05) is 19.8 Å². The maximum absolute atomic E-state index is 6.16. The number of hydrogen-bond donors (Lipinski definition) is 2. The summed E-state index contributed by atoms with van der Waals surface area (Å²) in [5.74, 6) is 1.20. The molecule has 0 atom stereocenters. The number of halogens is 1. The molecule has 1 aromatic carbocycles. The Labute approximate surface area is 146 Å². The van der Waals surface area contributed by atoms with Crippen LogP contribution in [0.3, 0.4) is 0 Å². The van der Waals surface area contributed by atoms with Gasteiger partial charge in [-0.3, -0.25) is 5.43 Å². The van der Waals surface area contributed by atoms with Crippen molar-refractivity contribution in [2.24, 2.45) is 5.10 Å². The van der Waals surface area contributed by atoms with E-state index in [-0.39, 0.29) is 0 Å². The lowest BCUT2D eigenvalue weighted by Crippen LogP contribution is -2.33. The molecule has 0 saturated heterocycles. The van der Waals surface area contributed by atoms with E-state index in [9.17, 15) is 0 Å². The first-order valence-electron chi connectivity index (χ1n) is 7.44. The minimum atomic E-state index is 0.460. The first kappa shape index (κ1) is 17.8. The summed E-state index contributed by atoms with van der Waals surface area (Å²) in [7, 11) is 0. The maximum Gasteiger partial charge on any atom is 0.186 e. The Bertz CT molecular complexity index is 569. The summed E-state index contributed by atoms with van der Waals surface area (Å²) < 4.78 is 16.2. The molecular formula is C15H20ClN3O3S. The third-order valence-electron chi connectivity index (χ3n) is 2.95. The first-order valence-corrected chi connectivity index (χ1v) is 8.23. The standard InChI is InChI=1S/C15H20ClN3O3S/c1-2-20-5-3-4-17-15(23)19-18-10-11-8-12(16)14-13(9-11)21-6-7-22-14/h8-10H,2-7H2,1H3,(H2,17,19,23)/b18-10-. The highest BCUT2D eigenvalue weighted by Crippen LogP contribution is 2.37. The monoisotopic (exact) mass is 357 g/mol. The molecule has 23 heavy (non-hydrogen) atoms. The minimum absolute atomic E-state index is 0.460. The average molecular weight is 358 g/mol. The van der Waals surface area contributed by atoms with Crippen molar-refractivity contribution < 1.29 is 14.2 Å². The predicted octanol–water partition coefficient (Wildman–Crippen LogP) is 2.34. The van der Waals surface area contributed by atoms with Crippen molar-refractivity contribution in [3.63, 3.8) is 0 Å². The molecule has 2 rings (SSSR count). The summed E-state index contributed by atoms with van der Waals surface area (Å²) >= 11 is 11.3. The van der Waals surface area contributed by atoms with Crippen molar-refractivity contribution in [3.8, 4) is 11.5 Å². The zero-order valence-corrected chi connectivity index (χ0v) is 14.5. The van der Waals surface area contributed by atoms with Gasteiger partial charge in [-0.15, -0.1) is 0 Å². The Balaban J connectivity index is 1.79. The van der Waals surface area contributed by atoms with Gasteiger partial charge in [0.25, 0.3) is 0 Å². The quantitative estimate of drug-likeness (QED) is 0.338. The molecule has 8 heteroatoms. The van der Waals surface area contributed by atoms with E-state index in [1.54, 1.807) is 12.3 Å². The third-order valence-corrected chi connectivity index (χ3v) is 3.47. The fourth-order valence-electron chi connectivity index (χ4n) is 1.93. The minimum Gasteiger partial charge on any atom is -0.486 e. The van der Waals surface area contributed by atoms with Gasteiger partial charge in [0.1, 0.15) is 13.2 Å². The smallest absolute Gasteiger partial charge is 0.186 e. The highest BCUT2D eigenvalue weighted by Gasteiger charge is 2.15. The molecule has 6 nitrogen and oxygen atoms in total. The van der Waals surface area contributed by atoms with Crippen LogP contribution in [-0.4, -0.2) is 44.3 Å². The van der Waals surface area contributed by atoms with Crippen LogP contribution in [0, 0.1) is 0 Å². The van der Waals surface area contributed by atoms with Gasteiger partial charge in [0.15, 0.2) is 16.6 Å². The van der Waals surface area contributed by atoms with E-state index >= 15 is 0 Å². The normalized spacial score (nSPS) is 13.1. The molecule has 1 aliphatic heterocycles. The van der Waals surface area contributed by atoms with Gasteiger partial charge in [0.05, 0.1) is 11.2 Å². The molecule has 0 unspecified atom stereocenters. The van der Waals surface area contributed by atoms with Crippen LogP contribution in [0.5, 0.6) is 11.5 Å². The molecule has 0 aromatic heterocycles. The van der Waals surface area contributed by atoms with E-state index in [2.05, 4.69) is 15.8 Å². The molecule has 0 bridgehead atoms. The van der Waals surface area contributed by atoms with Crippen molar-refractivity contribution in [1.82, 2.24) is 10.7 Å². The van der Waals surface area contributed by atoms with E-state index in [0.29, 0.717) is 41.5 Å². The van der Waals surface area contributed by atoms with Crippen LogP contribution in [0.25, 0.3) is 0 Å². The number of ether oxygens (including phenoxy) is 3. The Morgan fingerprint density at radius 2 is 2.26 bits per heavy atom. The highest BCUT2D eigenvalue weighted by atomic mass is 35.5. The van der Waals surface area contributed by atoms with Gasteiger partial charge >= 0.3 is 0 Å². The van der Waals surface area contributed by atoms with Gasteiger partial charge in [-0.2, -0.15) is 5.10 Å². The number of rotatable bonds is 7. The summed E-state index contributed by atoms with van der Waals surface area (Å²) in [4.78, 5) is 0. The van der Waals surface area contributed by atoms with Crippen LogP contribution in [0.4, 0.5) is 0 Å². The van der Waals surface area contributed by atoms with Crippen LogP contribution in [0.1, 0.15) is 18.9 Å². The first-order chi connectivity index (χ1) is 11.2. The Kier molecular flexibility index (Phi) is 7.38. The zero-order chi connectivity index (χ0) is 16.5. The van der Waals surface area contributed by atoms with E-state index in [4.69, 9.17) is 38.0 Å². The number of fused-ring (bicyclic) bond motifs is 1. The summed E-state index contributed by atoms with van der Waals surface area (Å²) in [5.41, 5.74) is 3.55. The van der Waals surface area contributed by atoms with Gasteiger partial charge in [-0.05, 0) is 43.3 Å². The lowest BCUT2D eigenvalue weighted by Gasteiger charge is -2.19. The fourth-order valence-corrected chi connectivity index (χ4v) is 2.36. The van der Waals surface area contributed by atoms with E-state index < -0.39 is 0 Å². The Morgan fingerprint density at radius 3 is 3.09 bits per heavy atom. The average Bonchev–Trinajstić information content (AvgIpc) is 2.55. The number of hydrogen-bond acceptors (Lipinski definition) is 5. The molecule has 0 radical (unpaired) electrons. The zero-order valence-electron chi connectivity index (χ0n) is 12.9. The molecule has 2 N–H and O–H groups in total. The highest BCUT2D eigenvalue weighted by molar-refractivity contribution is 7.80. The molecule has 0 spiro atoms. The molecule has 0 aliphatic carbocycles. The van der Waals surface area contributed by atoms with Crippen LogP contribution in [0.2, 0.25) is 5.02 Å². The largest absolute Gasteiger partial charge is 0.486 e. The molecule has 1 aliphatic rings. The summed E-state index contributed by atoms with van der Waals surface area (Å²) in [5, 5.41) is 8.09. The van der Waals surface area contributed by atoms with Gasteiger partial charge < -0.3 is 19.5 Å². The third kappa shape index (κ3) is 5.85. The summed E-state index contributed by atoms with van der Waals surface area (Å²) in [6.45, 7) is 5.16. The van der Waals surface area contributed by atoms with Gasteiger partial charge in [-0.1, -0.05) is 11.6 Å². The van der Waals surface area contributed by atoms with Crippen molar-refractivity contribution in [1.29, 1.82) is 0 Å². The topological polar surface area (TPSA) is 64.1 Å². The lowest BCUT2D eigenvalue weighted by molar-refractivity contribution is 0.145. The van der Waals surface area contributed by atoms with E-state index in [1.807, 2.05) is 13.0 Å². The lowest BCUT2D eigenvalue weighted by atomic mass is 10.2. The Hall–Kier alpha value is -1.57. The number of nitrogens with zero attached hydrogens (tertiary/aromatic N) is 1. The second kappa shape index (κ2) is 9.54. The number of benzene rings is 1. The molecule has 0 amide bonds. The summed E-state index contributed by atoms with van der Waals surface area (Å²) in [6.07, 6.45) is 2.51. The molecule has 1 heterocycles. The number of hydrazone groups is 1. The van der Waals surface area contributed by atoms with Crippen LogP contribution < -0.4 is 20.2 Å². The van der Waals surface area contributed by atoms with Crippen LogP contribution >= 0.6 is 23.8 Å². The fraction of sp³-hybridized carbons (Fsp3) is 0.467. The predicted molar refractivity (Wildman–Crippen MR) is 94.9 cm³/mol. The second-order valence-electron chi connectivity index (χ2n) is 4.70. The second-order valence-corrected chi connectivity index (χ2v) is 5.52.